The molecular weight excluding hydrogens is 276 g/mol. The van der Waals surface area contributed by atoms with E-state index in [9.17, 15) is 0 Å². The van der Waals surface area contributed by atoms with E-state index in [-0.39, 0.29) is 0 Å². The van der Waals surface area contributed by atoms with Crippen LogP contribution in [0.4, 0.5) is 0 Å². The van der Waals surface area contributed by atoms with Gasteiger partial charge in [-0.25, -0.2) is 0 Å². The average molecular weight is 307 g/mol. The second kappa shape index (κ2) is 7.17. The van der Waals surface area contributed by atoms with Gasteiger partial charge in [-0.2, -0.15) is 0 Å². The smallest absolute Gasteiger partial charge is 0.0470 e. The Morgan fingerprint density at radius 3 is 2.19 bits per heavy atom. The van der Waals surface area contributed by atoms with Crippen LogP contribution < -0.4 is 5.73 Å². The third-order valence-electron chi connectivity index (χ3n) is 4.92. The summed E-state index contributed by atoms with van der Waals surface area (Å²) in [6.45, 7) is 10.2. The van der Waals surface area contributed by atoms with E-state index in [0.717, 1.165) is 5.92 Å². The molecule has 0 bridgehead atoms. The van der Waals surface area contributed by atoms with E-state index in [0.29, 0.717) is 18.0 Å². The van der Waals surface area contributed by atoms with Gasteiger partial charge in [-0.1, -0.05) is 32.9 Å². The van der Waals surface area contributed by atoms with Gasteiger partial charge in [-0.3, -0.25) is 4.90 Å². The van der Waals surface area contributed by atoms with Gasteiger partial charge in [0.15, 0.2) is 0 Å². The van der Waals surface area contributed by atoms with E-state index >= 15 is 0 Å². The summed E-state index contributed by atoms with van der Waals surface area (Å²) in [5, 5.41) is 0. The summed E-state index contributed by atoms with van der Waals surface area (Å²) in [7, 11) is 0. The molecule has 1 heterocycles. The summed E-state index contributed by atoms with van der Waals surface area (Å²) in [6.07, 6.45) is 4.71. The first-order valence-electron chi connectivity index (χ1n) is 8.03. The van der Waals surface area contributed by atoms with E-state index in [1.165, 1.54) is 36.4 Å². The number of benzene rings is 1. The third-order valence-corrected chi connectivity index (χ3v) is 5.66. The number of likely N-dealkylation sites (tertiary alicyclic amines) is 1. The second-order valence-electron chi connectivity index (χ2n) is 7.20. The molecule has 2 nitrogen and oxygen atoms in total. The number of thioether (sulfide) groups is 1. The molecule has 0 aromatic heterocycles. The van der Waals surface area contributed by atoms with Crippen molar-refractivity contribution in [1.82, 2.24) is 4.90 Å². The van der Waals surface area contributed by atoms with Gasteiger partial charge in [0.1, 0.15) is 0 Å². The summed E-state index contributed by atoms with van der Waals surface area (Å²) < 4.78 is 0. The Kier molecular flexibility index (Phi) is 5.75. The van der Waals surface area contributed by atoms with Crippen LogP contribution in [0.5, 0.6) is 0 Å². The Labute approximate surface area is 134 Å². The van der Waals surface area contributed by atoms with Crippen molar-refractivity contribution >= 4 is 11.8 Å². The van der Waals surface area contributed by atoms with Gasteiger partial charge in [0.2, 0.25) is 0 Å². The molecule has 1 atom stereocenters. The molecule has 2 rings (SSSR count). The van der Waals surface area contributed by atoms with Crippen LogP contribution >= 0.6 is 11.8 Å². The summed E-state index contributed by atoms with van der Waals surface area (Å²) in [6, 6.07) is 9.30. The fraction of sp³-hybridized carbons (Fsp3) is 0.667. The van der Waals surface area contributed by atoms with Crippen molar-refractivity contribution in [2.75, 3.05) is 25.9 Å². The van der Waals surface area contributed by atoms with Crippen molar-refractivity contribution in [3.05, 3.63) is 29.8 Å². The molecule has 1 fully saturated rings. The molecule has 1 aliphatic rings. The number of nitrogens with zero attached hydrogens (tertiary/aromatic N) is 1. The predicted molar refractivity (Wildman–Crippen MR) is 93.8 cm³/mol. The second-order valence-corrected chi connectivity index (χ2v) is 8.08. The number of hydrogen-bond acceptors (Lipinski definition) is 3. The zero-order valence-corrected chi connectivity index (χ0v) is 14.7. The minimum Gasteiger partial charge on any atom is -0.329 e. The van der Waals surface area contributed by atoms with Crippen molar-refractivity contribution < 1.29 is 0 Å². The van der Waals surface area contributed by atoms with Crippen molar-refractivity contribution in [2.45, 2.75) is 44.6 Å². The van der Waals surface area contributed by atoms with E-state index in [4.69, 9.17) is 5.73 Å². The highest BCUT2D eigenvalue weighted by Crippen LogP contribution is 2.36. The van der Waals surface area contributed by atoms with Crippen molar-refractivity contribution in [3.8, 4) is 0 Å². The molecule has 0 saturated carbocycles. The van der Waals surface area contributed by atoms with E-state index in [1.807, 2.05) is 0 Å². The average Bonchev–Trinajstić information content (AvgIpc) is 2.48. The Hall–Kier alpha value is -0.510. The number of hydrogen-bond donors (Lipinski definition) is 1. The lowest BCUT2D eigenvalue weighted by atomic mass is 9.75. The van der Waals surface area contributed by atoms with Crippen LogP contribution in [0.25, 0.3) is 0 Å². The fourth-order valence-corrected chi connectivity index (χ4v) is 3.81. The maximum Gasteiger partial charge on any atom is 0.0470 e. The van der Waals surface area contributed by atoms with Crippen LogP contribution in [0.2, 0.25) is 0 Å². The Balaban J connectivity index is 2.02. The molecule has 118 valence electrons. The molecule has 1 saturated heterocycles. The molecule has 0 aliphatic carbocycles. The molecule has 0 radical (unpaired) electrons. The number of rotatable bonds is 4. The monoisotopic (exact) mass is 306 g/mol. The summed E-state index contributed by atoms with van der Waals surface area (Å²) >= 11 is 1.79. The fourth-order valence-electron chi connectivity index (χ4n) is 3.40. The molecule has 3 heteroatoms. The first-order valence-corrected chi connectivity index (χ1v) is 9.26. The first kappa shape index (κ1) is 16.9. The van der Waals surface area contributed by atoms with E-state index < -0.39 is 0 Å². The maximum atomic E-state index is 6.08. The molecule has 1 aliphatic heterocycles. The van der Waals surface area contributed by atoms with Crippen LogP contribution in [0.3, 0.4) is 0 Å². The Morgan fingerprint density at radius 1 is 1.19 bits per heavy atom. The van der Waals surface area contributed by atoms with Crippen LogP contribution in [0.15, 0.2) is 29.2 Å². The van der Waals surface area contributed by atoms with Crippen molar-refractivity contribution in [3.63, 3.8) is 0 Å². The number of piperidine rings is 1. The summed E-state index contributed by atoms with van der Waals surface area (Å²) in [5.41, 5.74) is 7.88. The molecule has 0 amide bonds. The Morgan fingerprint density at radius 2 is 1.76 bits per heavy atom. The van der Waals surface area contributed by atoms with Gasteiger partial charge in [-0.05, 0) is 61.2 Å². The van der Waals surface area contributed by atoms with E-state index in [1.54, 1.807) is 11.8 Å². The normalized spacial score (nSPS) is 19.7. The van der Waals surface area contributed by atoms with Crippen LogP contribution in [0, 0.1) is 11.3 Å². The zero-order valence-electron chi connectivity index (χ0n) is 13.9. The zero-order chi connectivity index (χ0) is 15.5. The van der Waals surface area contributed by atoms with Gasteiger partial charge in [0.05, 0.1) is 0 Å². The minimum absolute atomic E-state index is 0.377. The predicted octanol–water partition coefficient (Wildman–Crippen LogP) is 4.17. The molecular formula is C18H30N2S. The molecule has 1 unspecified atom stereocenters. The molecule has 1 aromatic carbocycles. The van der Waals surface area contributed by atoms with Crippen LogP contribution in [0.1, 0.15) is 45.2 Å². The van der Waals surface area contributed by atoms with Crippen molar-refractivity contribution in [1.29, 1.82) is 0 Å². The molecule has 0 spiro atoms. The summed E-state index contributed by atoms with van der Waals surface area (Å²) in [4.78, 5) is 3.90. The topological polar surface area (TPSA) is 29.3 Å². The first-order chi connectivity index (χ1) is 9.95. The van der Waals surface area contributed by atoms with Gasteiger partial charge in [0, 0.05) is 17.5 Å². The lowest BCUT2D eigenvalue weighted by Crippen LogP contribution is -2.42. The lowest BCUT2D eigenvalue weighted by molar-refractivity contribution is 0.0846. The van der Waals surface area contributed by atoms with Gasteiger partial charge in [0.25, 0.3) is 0 Å². The molecule has 21 heavy (non-hydrogen) atoms. The minimum atomic E-state index is 0.377. The van der Waals surface area contributed by atoms with Gasteiger partial charge in [-0.15, -0.1) is 11.8 Å². The standard InChI is InChI=1S/C18H30N2S/c1-18(2,3)15-9-11-20(12-10-15)17(13-19)14-5-7-16(21-4)8-6-14/h5-8,15,17H,9-13,19H2,1-4H3. The third kappa shape index (κ3) is 4.24. The largest absolute Gasteiger partial charge is 0.329 e. The van der Waals surface area contributed by atoms with E-state index in [2.05, 4.69) is 56.2 Å². The Bertz CT molecular complexity index is 428. The van der Waals surface area contributed by atoms with Gasteiger partial charge >= 0.3 is 0 Å². The number of nitrogens with two attached hydrogens (primary N) is 1. The highest BCUT2D eigenvalue weighted by Gasteiger charge is 2.31. The SMILES string of the molecule is CSc1ccc(C(CN)N2CCC(C(C)(C)C)CC2)cc1. The lowest BCUT2D eigenvalue weighted by Gasteiger charge is -2.41. The van der Waals surface area contributed by atoms with Crippen molar-refractivity contribution in [2.24, 2.45) is 17.1 Å². The molecule has 1 aromatic rings. The van der Waals surface area contributed by atoms with Crippen LogP contribution in [-0.4, -0.2) is 30.8 Å². The maximum absolute atomic E-state index is 6.08. The molecule has 2 N–H and O–H groups in total. The highest BCUT2D eigenvalue weighted by atomic mass is 32.2. The summed E-state index contributed by atoms with van der Waals surface area (Å²) in [5.74, 6) is 0.839. The quantitative estimate of drug-likeness (QED) is 0.847. The highest BCUT2D eigenvalue weighted by molar-refractivity contribution is 7.98. The van der Waals surface area contributed by atoms with Gasteiger partial charge < -0.3 is 5.73 Å². The van der Waals surface area contributed by atoms with Crippen LogP contribution in [-0.2, 0) is 0 Å².